The number of aromatic nitrogens is 5. The van der Waals surface area contributed by atoms with Gasteiger partial charge in [0.15, 0.2) is 17.5 Å². The van der Waals surface area contributed by atoms with Crippen molar-refractivity contribution in [3.8, 4) is 11.4 Å². The Morgan fingerprint density at radius 1 is 1.21 bits per heavy atom. The summed E-state index contributed by atoms with van der Waals surface area (Å²) in [7, 11) is 0. The van der Waals surface area contributed by atoms with E-state index in [1.54, 1.807) is 12.1 Å². The Hall–Kier alpha value is -2.54. The zero-order valence-electron chi connectivity index (χ0n) is 13.1. The lowest BCUT2D eigenvalue weighted by Gasteiger charge is -2.07. The number of hydrogen-bond donors (Lipinski definition) is 2. The summed E-state index contributed by atoms with van der Waals surface area (Å²) in [5.74, 6) is 1.11. The highest BCUT2D eigenvalue weighted by Gasteiger charge is 2.10. The molecule has 1 aromatic carbocycles. The van der Waals surface area contributed by atoms with Crippen LogP contribution in [0.5, 0.6) is 0 Å². The zero-order valence-corrected chi connectivity index (χ0v) is 13.8. The van der Waals surface area contributed by atoms with E-state index in [0.29, 0.717) is 41.8 Å². The number of aromatic amines is 1. The zero-order chi connectivity index (χ0) is 16.9. The van der Waals surface area contributed by atoms with E-state index in [0.717, 1.165) is 5.56 Å². The van der Waals surface area contributed by atoms with Gasteiger partial charge in [-0.15, -0.1) is 0 Å². The first-order valence-corrected chi connectivity index (χ1v) is 7.95. The molecular weight excluding hydrogens is 331 g/mol. The van der Waals surface area contributed by atoms with Crippen molar-refractivity contribution in [2.45, 2.75) is 19.8 Å². The van der Waals surface area contributed by atoms with Gasteiger partial charge >= 0.3 is 0 Å². The fourth-order valence-electron chi connectivity index (χ4n) is 2.21. The van der Waals surface area contributed by atoms with Crippen LogP contribution in [0.15, 0.2) is 30.6 Å². The van der Waals surface area contributed by atoms with Crippen molar-refractivity contribution in [2.75, 3.05) is 11.9 Å². The van der Waals surface area contributed by atoms with Gasteiger partial charge in [-0.1, -0.05) is 18.5 Å². The molecule has 0 aliphatic rings. The van der Waals surface area contributed by atoms with Gasteiger partial charge < -0.3 is 5.32 Å². The van der Waals surface area contributed by atoms with E-state index in [-0.39, 0.29) is 5.82 Å². The Morgan fingerprint density at radius 2 is 2.00 bits per heavy atom. The van der Waals surface area contributed by atoms with Crippen LogP contribution in [0.2, 0.25) is 5.02 Å². The van der Waals surface area contributed by atoms with Gasteiger partial charge in [0.05, 0.1) is 5.69 Å². The maximum absolute atomic E-state index is 14.0. The molecule has 0 atom stereocenters. The summed E-state index contributed by atoms with van der Waals surface area (Å²) in [4.78, 5) is 12.2. The van der Waals surface area contributed by atoms with E-state index >= 15 is 0 Å². The van der Waals surface area contributed by atoms with E-state index in [4.69, 9.17) is 11.6 Å². The molecular formula is C16H16ClFN6. The smallest absolute Gasteiger partial charge is 0.186 e. The van der Waals surface area contributed by atoms with Crippen molar-refractivity contribution in [3.05, 3.63) is 53.0 Å². The molecule has 24 heavy (non-hydrogen) atoms. The van der Waals surface area contributed by atoms with E-state index in [9.17, 15) is 4.39 Å². The molecule has 0 aliphatic heterocycles. The number of benzene rings is 1. The van der Waals surface area contributed by atoms with Crippen LogP contribution in [0.25, 0.3) is 11.4 Å². The highest BCUT2D eigenvalue weighted by molar-refractivity contribution is 6.30. The van der Waals surface area contributed by atoms with Gasteiger partial charge in [0, 0.05) is 23.6 Å². The first kappa shape index (κ1) is 16.3. The first-order chi connectivity index (χ1) is 11.7. The molecule has 0 amide bonds. The van der Waals surface area contributed by atoms with E-state index in [1.807, 2.05) is 19.1 Å². The second-order valence-electron chi connectivity index (χ2n) is 5.13. The second-order valence-corrected chi connectivity index (χ2v) is 5.56. The standard InChI is InChI=1S/C16H16ClFN6/c1-2-12-14(18)16(21-9-20-12)19-8-7-13-22-15(24-23-13)10-3-5-11(17)6-4-10/h3-6,9H,2,7-8H2,1H3,(H,19,20,21)(H,22,23,24). The van der Waals surface area contributed by atoms with Gasteiger partial charge in [-0.25, -0.2) is 19.3 Å². The van der Waals surface area contributed by atoms with Crippen molar-refractivity contribution < 1.29 is 4.39 Å². The summed E-state index contributed by atoms with van der Waals surface area (Å²) in [5, 5.41) is 10.7. The third kappa shape index (κ3) is 3.68. The maximum atomic E-state index is 14.0. The summed E-state index contributed by atoms with van der Waals surface area (Å²) in [6.45, 7) is 2.33. The van der Waals surface area contributed by atoms with E-state index in [2.05, 4.69) is 30.5 Å². The minimum Gasteiger partial charge on any atom is -0.367 e. The summed E-state index contributed by atoms with van der Waals surface area (Å²) in [5.41, 5.74) is 1.28. The molecule has 3 aromatic rings. The van der Waals surface area contributed by atoms with Gasteiger partial charge in [-0.3, -0.25) is 5.10 Å². The molecule has 0 radical (unpaired) electrons. The molecule has 0 bridgehead atoms. The Bertz CT molecular complexity index is 818. The van der Waals surface area contributed by atoms with Crippen molar-refractivity contribution >= 4 is 17.4 Å². The van der Waals surface area contributed by atoms with Crippen LogP contribution in [0.4, 0.5) is 10.2 Å². The van der Waals surface area contributed by atoms with Crippen LogP contribution in [0.1, 0.15) is 18.4 Å². The van der Waals surface area contributed by atoms with Gasteiger partial charge in [-0.05, 0) is 30.7 Å². The third-order valence-corrected chi connectivity index (χ3v) is 3.74. The Labute approximate surface area is 143 Å². The lowest BCUT2D eigenvalue weighted by atomic mass is 10.2. The Balaban J connectivity index is 1.61. The molecule has 2 aromatic heterocycles. The van der Waals surface area contributed by atoms with Crippen molar-refractivity contribution in [1.82, 2.24) is 25.1 Å². The Kier molecular flexibility index (Phi) is 5.00. The molecule has 8 heteroatoms. The molecule has 124 valence electrons. The molecule has 0 saturated heterocycles. The normalized spacial score (nSPS) is 10.8. The quantitative estimate of drug-likeness (QED) is 0.716. The molecule has 3 rings (SSSR count). The fourth-order valence-corrected chi connectivity index (χ4v) is 2.34. The number of aryl methyl sites for hydroxylation is 1. The number of H-pyrrole nitrogens is 1. The van der Waals surface area contributed by atoms with Crippen LogP contribution in [-0.4, -0.2) is 31.7 Å². The molecule has 0 unspecified atom stereocenters. The van der Waals surface area contributed by atoms with Crippen molar-refractivity contribution in [3.63, 3.8) is 0 Å². The van der Waals surface area contributed by atoms with Gasteiger partial charge in [0.1, 0.15) is 12.2 Å². The highest BCUT2D eigenvalue weighted by Crippen LogP contribution is 2.18. The summed E-state index contributed by atoms with van der Waals surface area (Å²) in [6, 6.07) is 7.29. The van der Waals surface area contributed by atoms with Gasteiger partial charge in [0.25, 0.3) is 0 Å². The van der Waals surface area contributed by atoms with E-state index < -0.39 is 5.82 Å². The number of hydrogen-bond acceptors (Lipinski definition) is 5. The molecule has 2 heterocycles. The fraction of sp³-hybridized carbons (Fsp3) is 0.250. The van der Waals surface area contributed by atoms with Gasteiger partial charge in [0.2, 0.25) is 0 Å². The third-order valence-electron chi connectivity index (χ3n) is 3.48. The number of nitrogens with one attached hydrogen (secondary N) is 2. The lowest BCUT2D eigenvalue weighted by Crippen LogP contribution is -2.10. The van der Waals surface area contributed by atoms with Crippen molar-refractivity contribution in [2.24, 2.45) is 0 Å². The lowest BCUT2D eigenvalue weighted by molar-refractivity contribution is 0.596. The van der Waals surface area contributed by atoms with E-state index in [1.165, 1.54) is 6.33 Å². The van der Waals surface area contributed by atoms with Crippen LogP contribution in [-0.2, 0) is 12.8 Å². The minimum absolute atomic E-state index is 0.208. The highest BCUT2D eigenvalue weighted by atomic mass is 35.5. The SMILES string of the molecule is CCc1ncnc(NCCc2nc(-c3ccc(Cl)cc3)n[nH]2)c1F. The number of anilines is 1. The predicted molar refractivity (Wildman–Crippen MR) is 90.4 cm³/mol. The predicted octanol–water partition coefficient (Wildman–Crippen LogP) is 3.27. The molecule has 0 saturated carbocycles. The summed E-state index contributed by atoms with van der Waals surface area (Å²) >= 11 is 5.87. The number of rotatable bonds is 6. The molecule has 0 spiro atoms. The number of nitrogens with zero attached hydrogens (tertiary/aromatic N) is 4. The first-order valence-electron chi connectivity index (χ1n) is 7.58. The van der Waals surface area contributed by atoms with Crippen LogP contribution >= 0.6 is 11.6 Å². The average molecular weight is 347 g/mol. The van der Waals surface area contributed by atoms with Crippen LogP contribution in [0, 0.1) is 5.82 Å². The molecule has 0 aliphatic carbocycles. The van der Waals surface area contributed by atoms with Gasteiger partial charge in [-0.2, -0.15) is 5.10 Å². The monoisotopic (exact) mass is 346 g/mol. The number of halogens is 2. The largest absolute Gasteiger partial charge is 0.367 e. The molecule has 2 N–H and O–H groups in total. The molecule has 6 nitrogen and oxygen atoms in total. The second kappa shape index (κ2) is 7.35. The Morgan fingerprint density at radius 3 is 2.75 bits per heavy atom. The van der Waals surface area contributed by atoms with Crippen LogP contribution < -0.4 is 5.32 Å². The van der Waals surface area contributed by atoms with Crippen LogP contribution in [0.3, 0.4) is 0 Å². The minimum atomic E-state index is -0.403. The maximum Gasteiger partial charge on any atom is 0.186 e. The average Bonchev–Trinajstić information content (AvgIpc) is 3.06. The molecule has 0 fully saturated rings. The summed E-state index contributed by atoms with van der Waals surface area (Å²) in [6.07, 6.45) is 2.44. The van der Waals surface area contributed by atoms with Crippen molar-refractivity contribution in [1.29, 1.82) is 0 Å². The topological polar surface area (TPSA) is 79.4 Å². The summed E-state index contributed by atoms with van der Waals surface area (Å²) < 4.78 is 14.0.